The Labute approximate surface area is 75.3 Å². The van der Waals surface area contributed by atoms with Crippen LogP contribution in [-0.4, -0.2) is 15.2 Å². The third-order valence-corrected chi connectivity index (χ3v) is 1.92. The van der Waals surface area contributed by atoms with Crippen LogP contribution in [0, 0.1) is 0 Å². The molecule has 0 amide bonds. The van der Waals surface area contributed by atoms with Gasteiger partial charge < -0.3 is 10.2 Å². The van der Waals surface area contributed by atoms with Gasteiger partial charge in [0.15, 0.2) is 0 Å². The standard InChI is InChI=1S/C10H9NO2/c12-6-9-3-7-1-2-10(13)4-8(7)5-11-9/h1-5,12-13H,6H2. The van der Waals surface area contributed by atoms with E-state index in [1.165, 1.54) is 0 Å². The Hall–Kier alpha value is -1.61. The van der Waals surface area contributed by atoms with E-state index >= 15 is 0 Å². The lowest BCUT2D eigenvalue weighted by atomic mass is 10.1. The van der Waals surface area contributed by atoms with E-state index in [1.54, 1.807) is 30.5 Å². The number of fused-ring (bicyclic) bond motifs is 1. The molecule has 0 unspecified atom stereocenters. The predicted molar refractivity (Wildman–Crippen MR) is 49.3 cm³/mol. The first kappa shape index (κ1) is 8.01. The van der Waals surface area contributed by atoms with Crippen molar-refractivity contribution < 1.29 is 10.2 Å². The molecule has 0 aliphatic carbocycles. The van der Waals surface area contributed by atoms with Crippen LogP contribution >= 0.6 is 0 Å². The minimum atomic E-state index is -0.0587. The monoisotopic (exact) mass is 175 g/mol. The van der Waals surface area contributed by atoms with E-state index in [0.29, 0.717) is 5.69 Å². The molecule has 2 N–H and O–H groups in total. The van der Waals surface area contributed by atoms with Crippen LogP contribution in [-0.2, 0) is 6.61 Å². The lowest BCUT2D eigenvalue weighted by Crippen LogP contribution is -1.87. The van der Waals surface area contributed by atoms with Crippen LogP contribution in [0.1, 0.15) is 5.69 Å². The fourth-order valence-corrected chi connectivity index (χ4v) is 1.26. The molecule has 1 heterocycles. The number of benzene rings is 1. The second-order valence-electron chi connectivity index (χ2n) is 2.87. The van der Waals surface area contributed by atoms with Crippen molar-refractivity contribution in [2.24, 2.45) is 0 Å². The van der Waals surface area contributed by atoms with Gasteiger partial charge in [-0.15, -0.1) is 0 Å². The SMILES string of the molecule is OCc1cc2ccc(O)cc2cn1. The summed E-state index contributed by atoms with van der Waals surface area (Å²) in [5.74, 6) is 0.228. The summed E-state index contributed by atoms with van der Waals surface area (Å²) in [6.45, 7) is -0.0587. The first-order valence-corrected chi connectivity index (χ1v) is 3.98. The highest BCUT2D eigenvalue weighted by molar-refractivity contribution is 5.83. The molecule has 1 aromatic carbocycles. The summed E-state index contributed by atoms with van der Waals surface area (Å²) >= 11 is 0. The molecule has 0 bridgehead atoms. The molecule has 0 saturated heterocycles. The molecule has 0 fully saturated rings. The third-order valence-electron chi connectivity index (χ3n) is 1.92. The Morgan fingerprint density at radius 3 is 2.77 bits per heavy atom. The molecular weight excluding hydrogens is 166 g/mol. The van der Waals surface area contributed by atoms with E-state index in [-0.39, 0.29) is 12.4 Å². The van der Waals surface area contributed by atoms with Crippen molar-refractivity contribution in [2.45, 2.75) is 6.61 Å². The molecule has 66 valence electrons. The van der Waals surface area contributed by atoms with Gasteiger partial charge in [0.25, 0.3) is 0 Å². The number of phenols is 1. The van der Waals surface area contributed by atoms with Crippen LogP contribution < -0.4 is 0 Å². The molecule has 0 saturated carbocycles. The maximum atomic E-state index is 9.18. The number of aromatic hydroxyl groups is 1. The van der Waals surface area contributed by atoms with Gasteiger partial charge in [-0.25, -0.2) is 0 Å². The zero-order chi connectivity index (χ0) is 9.26. The summed E-state index contributed by atoms with van der Waals surface area (Å²) in [6, 6.07) is 6.85. The minimum absolute atomic E-state index is 0.0587. The topological polar surface area (TPSA) is 53.4 Å². The van der Waals surface area contributed by atoms with Gasteiger partial charge in [0.2, 0.25) is 0 Å². The Bertz CT molecular complexity index is 440. The molecule has 0 radical (unpaired) electrons. The average Bonchev–Trinajstić information content (AvgIpc) is 2.17. The van der Waals surface area contributed by atoms with Gasteiger partial charge >= 0.3 is 0 Å². The van der Waals surface area contributed by atoms with Gasteiger partial charge in [-0.05, 0) is 23.6 Å². The van der Waals surface area contributed by atoms with E-state index < -0.39 is 0 Å². The van der Waals surface area contributed by atoms with E-state index in [9.17, 15) is 5.11 Å². The van der Waals surface area contributed by atoms with Gasteiger partial charge in [-0.3, -0.25) is 4.98 Å². The van der Waals surface area contributed by atoms with Crippen molar-refractivity contribution in [1.82, 2.24) is 4.98 Å². The molecule has 0 aliphatic rings. The fourth-order valence-electron chi connectivity index (χ4n) is 1.26. The molecule has 0 atom stereocenters. The summed E-state index contributed by atoms with van der Waals surface area (Å²) in [4.78, 5) is 4.01. The average molecular weight is 175 g/mol. The molecule has 2 rings (SSSR count). The minimum Gasteiger partial charge on any atom is -0.508 e. The zero-order valence-electron chi connectivity index (χ0n) is 6.94. The van der Waals surface area contributed by atoms with Crippen LogP contribution in [0.15, 0.2) is 30.5 Å². The van der Waals surface area contributed by atoms with Crippen LogP contribution in [0.2, 0.25) is 0 Å². The Balaban J connectivity index is 2.66. The van der Waals surface area contributed by atoms with E-state index in [2.05, 4.69) is 4.98 Å². The number of aromatic nitrogens is 1. The normalized spacial score (nSPS) is 10.5. The van der Waals surface area contributed by atoms with Crippen LogP contribution in [0.4, 0.5) is 0 Å². The van der Waals surface area contributed by atoms with Gasteiger partial charge in [0.1, 0.15) is 5.75 Å². The number of aliphatic hydroxyl groups excluding tert-OH is 1. The van der Waals surface area contributed by atoms with Crippen molar-refractivity contribution in [3.05, 3.63) is 36.2 Å². The van der Waals surface area contributed by atoms with E-state index in [0.717, 1.165) is 10.8 Å². The molecular formula is C10H9NO2. The largest absolute Gasteiger partial charge is 0.508 e. The summed E-state index contributed by atoms with van der Waals surface area (Å²) in [6.07, 6.45) is 1.64. The number of rotatable bonds is 1. The van der Waals surface area contributed by atoms with Crippen molar-refractivity contribution in [3.8, 4) is 5.75 Å². The van der Waals surface area contributed by atoms with E-state index in [4.69, 9.17) is 5.11 Å². The lowest BCUT2D eigenvalue weighted by Gasteiger charge is -2.00. The molecule has 3 heteroatoms. The Morgan fingerprint density at radius 1 is 1.15 bits per heavy atom. The van der Waals surface area contributed by atoms with Crippen molar-refractivity contribution in [3.63, 3.8) is 0 Å². The highest BCUT2D eigenvalue weighted by Crippen LogP contribution is 2.19. The summed E-state index contributed by atoms with van der Waals surface area (Å²) < 4.78 is 0. The molecule has 0 aliphatic heterocycles. The Kier molecular flexibility index (Phi) is 1.87. The molecule has 0 spiro atoms. The molecule has 3 nitrogen and oxygen atoms in total. The quantitative estimate of drug-likeness (QED) is 0.689. The van der Waals surface area contributed by atoms with E-state index in [1.807, 2.05) is 0 Å². The number of hydrogen-bond donors (Lipinski definition) is 2. The highest BCUT2D eigenvalue weighted by Gasteiger charge is 1.97. The summed E-state index contributed by atoms with van der Waals surface area (Å²) in [7, 11) is 0. The van der Waals surface area contributed by atoms with Crippen LogP contribution in [0.5, 0.6) is 5.75 Å². The zero-order valence-corrected chi connectivity index (χ0v) is 6.94. The Morgan fingerprint density at radius 2 is 2.00 bits per heavy atom. The van der Waals surface area contributed by atoms with Gasteiger partial charge in [-0.2, -0.15) is 0 Å². The first-order valence-electron chi connectivity index (χ1n) is 3.98. The van der Waals surface area contributed by atoms with Crippen molar-refractivity contribution in [2.75, 3.05) is 0 Å². The maximum Gasteiger partial charge on any atom is 0.116 e. The number of pyridine rings is 1. The summed E-state index contributed by atoms with van der Waals surface area (Å²) in [5, 5.41) is 19.9. The highest BCUT2D eigenvalue weighted by atomic mass is 16.3. The summed E-state index contributed by atoms with van der Waals surface area (Å²) in [5.41, 5.74) is 0.637. The molecule has 1 aromatic heterocycles. The van der Waals surface area contributed by atoms with Crippen molar-refractivity contribution >= 4 is 10.8 Å². The molecule has 2 aromatic rings. The second kappa shape index (κ2) is 3.03. The van der Waals surface area contributed by atoms with Crippen LogP contribution in [0.3, 0.4) is 0 Å². The lowest BCUT2D eigenvalue weighted by molar-refractivity contribution is 0.277. The van der Waals surface area contributed by atoms with Crippen LogP contribution in [0.25, 0.3) is 10.8 Å². The first-order chi connectivity index (χ1) is 6.29. The molecule has 13 heavy (non-hydrogen) atoms. The number of aliphatic hydroxyl groups is 1. The van der Waals surface area contributed by atoms with Crippen molar-refractivity contribution in [1.29, 1.82) is 0 Å². The number of nitrogens with zero attached hydrogens (tertiary/aromatic N) is 1. The smallest absolute Gasteiger partial charge is 0.116 e. The fraction of sp³-hybridized carbons (Fsp3) is 0.100. The number of hydrogen-bond acceptors (Lipinski definition) is 3. The van der Waals surface area contributed by atoms with Gasteiger partial charge in [0, 0.05) is 11.6 Å². The van der Waals surface area contributed by atoms with Gasteiger partial charge in [0.05, 0.1) is 12.3 Å². The van der Waals surface area contributed by atoms with Gasteiger partial charge in [-0.1, -0.05) is 6.07 Å². The second-order valence-corrected chi connectivity index (χ2v) is 2.87. The number of phenolic OH excluding ortho intramolecular Hbond substituents is 1. The maximum absolute atomic E-state index is 9.18. The predicted octanol–water partition coefficient (Wildman–Crippen LogP) is 1.43. The third kappa shape index (κ3) is 1.46.